The van der Waals surface area contributed by atoms with Gasteiger partial charge in [0.2, 0.25) is 5.91 Å². The van der Waals surface area contributed by atoms with Gasteiger partial charge < -0.3 is 10.1 Å². The molecule has 1 aromatic heterocycles. The first-order valence-corrected chi connectivity index (χ1v) is 8.23. The van der Waals surface area contributed by atoms with Crippen molar-refractivity contribution in [2.24, 2.45) is 0 Å². The minimum absolute atomic E-state index is 0.0657. The highest BCUT2D eigenvalue weighted by molar-refractivity contribution is 7.11. The van der Waals surface area contributed by atoms with Crippen LogP contribution in [-0.2, 0) is 17.6 Å². The Labute approximate surface area is 135 Å². The fourth-order valence-corrected chi connectivity index (χ4v) is 3.13. The number of carbonyl (C=O) groups is 1. The molecule has 0 aliphatic carbocycles. The second kappa shape index (κ2) is 7.94. The van der Waals surface area contributed by atoms with Crippen molar-refractivity contribution in [3.8, 4) is 5.75 Å². The van der Waals surface area contributed by atoms with Gasteiger partial charge in [0.25, 0.3) is 0 Å². The van der Waals surface area contributed by atoms with Crippen molar-refractivity contribution in [1.82, 2.24) is 10.3 Å². The van der Waals surface area contributed by atoms with Crippen LogP contribution in [0.1, 0.15) is 27.6 Å². The summed E-state index contributed by atoms with van der Waals surface area (Å²) in [5, 5.41) is 4.04. The number of thiazole rings is 1. The third kappa shape index (κ3) is 4.56. The van der Waals surface area contributed by atoms with E-state index < -0.39 is 0 Å². The molecule has 0 unspecified atom stereocenters. The van der Waals surface area contributed by atoms with Crippen LogP contribution in [0.25, 0.3) is 0 Å². The lowest BCUT2D eigenvalue weighted by Crippen LogP contribution is -2.25. The third-order valence-electron chi connectivity index (χ3n) is 3.55. The van der Waals surface area contributed by atoms with Gasteiger partial charge in [0.05, 0.1) is 17.8 Å². The van der Waals surface area contributed by atoms with E-state index >= 15 is 0 Å². The molecule has 0 radical (unpaired) electrons. The molecule has 2 rings (SSSR count). The summed E-state index contributed by atoms with van der Waals surface area (Å²) in [4.78, 5) is 17.6. The van der Waals surface area contributed by atoms with Crippen LogP contribution in [0.3, 0.4) is 0 Å². The molecule has 5 heteroatoms. The summed E-state index contributed by atoms with van der Waals surface area (Å²) in [6, 6.07) is 7.80. The van der Waals surface area contributed by atoms with E-state index in [1.54, 1.807) is 18.4 Å². The lowest BCUT2D eigenvalue weighted by Gasteiger charge is -2.08. The van der Waals surface area contributed by atoms with Gasteiger partial charge in [0, 0.05) is 24.3 Å². The molecule has 22 heavy (non-hydrogen) atoms. The number of hydrogen-bond donors (Lipinski definition) is 1. The monoisotopic (exact) mass is 318 g/mol. The minimum Gasteiger partial charge on any atom is -0.496 e. The summed E-state index contributed by atoms with van der Waals surface area (Å²) in [5.74, 6) is 0.903. The number of aryl methyl sites for hydroxylation is 3. The summed E-state index contributed by atoms with van der Waals surface area (Å²) >= 11 is 1.70. The number of nitrogens with one attached hydrogen (secondary N) is 1. The lowest BCUT2D eigenvalue weighted by molar-refractivity contribution is -0.121. The molecule has 0 saturated heterocycles. The molecule has 1 heterocycles. The van der Waals surface area contributed by atoms with E-state index in [0.29, 0.717) is 19.4 Å². The molecule has 1 amide bonds. The van der Waals surface area contributed by atoms with Gasteiger partial charge in [-0.3, -0.25) is 4.79 Å². The molecule has 118 valence electrons. The number of hydrogen-bond acceptors (Lipinski definition) is 4. The fourth-order valence-electron chi connectivity index (χ4n) is 2.20. The van der Waals surface area contributed by atoms with Crippen LogP contribution >= 0.6 is 11.3 Å². The minimum atomic E-state index is 0.0657. The summed E-state index contributed by atoms with van der Waals surface area (Å²) in [6.07, 6.45) is 1.95. The van der Waals surface area contributed by atoms with E-state index in [1.165, 1.54) is 4.88 Å². The van der Waals surface area contributed by atoms with E-state index in [1.807, 2.05) is 31.2 Å². The summed E-state index contributed by atoms with van der Waals surface area (Å²) < 4.78 is 5.29. The first kappa shape index (κ1) is 16.5. The quantitative estimate of drug-likeness (QED) is 0.853. The van der Waals surface area contributed by atoms with Crippen molar-refractivity contribution in [3.63, 3.8) is 0 Å². The zero-order valence-corrected chi connectivity index (χ0v) is 14.1. The van der Waals surface area contributed by atoms with Crippen LogP contribution in [-0.4, -0.2) is 24.5 Å². The first-order chi connectivity index (χ1) is 10.6. The number of amides is 1. The highest BCUT2D eigenvalue weighted by atomic mass is 32.1. The second-order valence-corrected chi connectivity index (χ2v) is 6.45. The van der Waals surface area contributed by atoms with Crippen LogP contribution in [0.15, 0.2) is 24.3 Å². The van der Waals surface area contributed by atoms with Gasteiger partial charge in [-0.05, 0) is 31.9 Å². The predicted molar refractivity (Wildman–Crippen MR) is 89.6 cm³/mol. The third-order valence-corrected chi connectivity index (χ3v) is 4.68. The summed E-state index contributed by atoms with van der Waals surface area (Å²) in [7, 11) is 1.65. The normalized spacial score (nSPS) is 10.5. The Kier molecular flexibility index (Phi) is 5.95. The van der Waals surface area contributed by atoms with Crippen LogP contribution in [0, 0.1) is 13.8 Å². The second-order valence-electron chi connectivity index (χ2n) is 5.16. The van der Waals surface area contributed by atoms with Gasteiger partial charge in [-0.25, -0.2) is 4.98 Å². The zero-order chi connectivity index (χ0) is 15.9. The Balaban J connectivity index is 1.74. The smallest absolute Gasteiger partial charge is 0.220 e. The molecule has 0 atom stereocenters. The molecule has 2 aromatic rings. The lowest BCUT2D eigenvalue weighted by atomic mass is 10.1. The van der Waals surface area contributed by atoms with Crippen molar-refractivity contribution in [2.45, 2.75) is 33.1 Å². The van der Waals surface area contributed by atoms with Crippen LogP contribution in [0.4, 0.5) is 0 Å². The van der Waals surface area contributed by atoms with E-state index in [0.717, 1.165) is 28.4 Å². The number of rotatable bonds is 7. The van der Waals surface area contributed by atoms with Gasteiger partial charge in [-0.15, -0.1) is 11.3 Å². The molecule has 1 aromatic carbocycles. The van der Waals surface area contributed by atoms with Crippen molar-refractivity contribution < 1.29 is 9.53 Å². The Morgan fingerprint density at radius 3 is 2.73 bits per heavy atom. The molecule has 0 bridgehead atoms. The number of para-hydroxylation sites is 1. The molecular weight excluding hydrogens is 296 g/mol. The summed E-state index contributed by atoms with van der Waals surface area (Å²) in [5.41, 5.74) is 2.15. The fraction of sp³-hybridized carbons (Fsp3) is 0.412. The molecule has 0 aliphatic rings. The van der Waals surface area contributed by atoms with Gasteiger partial charge >= 0.3 is 0 Å². The summed E-state index contributed by atoms with van der Waals surface area (Å²) in [6.45, 7) is 4.72. The Hall–Kier alpha value is -1.88. The van der Waals surface area contributed by atoms with E-state index in [2.05, 4.69) is 17.2 Å². The number of ether oxygens (including phenoxy) is 1. The van der Waals surface area contributed by atoms with Crippen molar-refractivity contribution in [3.05, 3.63) is 45.4 Å². The largest absolute Gasteiger partial charge is 0.496 e. The first-order valence-electron chi connectivity index (χ1n) is 7.41. The maximum atomic E-state index is 11.9. The van der Waals surface area contributed by atoms with Gasteiger partial charge in [-0.1, -0.05) is 18.2 Å². The van der Waals surface area contributed by atoms with E-state index in [4.69, 9.17) is 4.74 Å². The Morgan fingerprint density at radius 1 is 1.27 bits per heavy atom. The number of benzene rings is 1. The van der Waals surface area contributed by atoms with Crippen LogP contribution in [0.5, 0.6) is 5.75 Å². The van der Waals surface area contributed by atoms with E-state index in [-0.39, 0.29) is 5.91 Å². The van der Waals surface area contributed by atoms with Crippen molar-refractivity contribution in [2.75, 3.05) is 13.7 Å². The molecule has 1 N–H and O–H groups in total. The maximum Gasteiger partial charge on any atom is 0.220 e. The molecule has 0 fully saturated rings. The standard InChI is InChI=1S/C17H22N2O2S/c1-12-13(2)22-17(19-12)10-11-18-16(20)9-8-14-6-4-5-7-15(14)21-3/h4-7H,8-11H2,1-3H3,(H,18,20). The van der Waals surface area contributed by atoms with Crippen molar-refractivity contribution in [1.29, 1.82) is 0 Å². The molecule has 0 saturated carbocycles. The average molecular weight is 318 g/mol. The van der Waals surface area contributed by atoms with Gasteiger partial charge in [0.1, 0.15) is 5.75 Å². The number of nitrogens with zero attached hydrogens (tertiary/aromatic N) is 1. The Bertz CT molecular complexity index is 618. The van der Waals surface area contributed by atoms with Gasteiger partial charge in [0.15, 0.2) is 0 Å². The van der Waals surface area contributed by atoms with Crippen molar-refractivity contribution >= 4 is 17.2 Å². The number of methoxy groups -OCH3 is 1. The molecular formula is C17H22N2O2S. The predicted octanol–water partition coefficient (Wildman–Crippen LogP) is 3.06. The SMILES string of the molecule is COc1ccccc1CCC(=O)NCCc1nc(C)c(C)s1. The maximum absolute atomic E-state index is 11.9. The van der Waals surface area contributed by atoms with E-state index in [9.17, 15) is 4.79 Å². The molecule has 0 aliphatic heterocycles. The Morgan fingerprint density at radius 2 is 2.05 bits per heavy atom. The van der Waals surface area contributed by atoms with Gasteiger partial charge in [-0.2, -0.15) is 0 Å². The highest BCUT2D eigenvalue weighted by Gasteiger charge is 2.07. The molecule has 0 spiro atoms. The number of carbonyl (C=O) groups excluding carboxylic acids is 1. The zero-order valence-electron chi connectivity index (χ0n) is 13.3. The average Bonchev–Trinajstić information content (AvgIpc) is 2.84. The highest BCUT2D eigenvalue weighted by Crippen LogP contribution is 2.19. The molecule has 4 nitrogen and oxygen atoms in total. The van der Waals surface area contributed by atoms with Crippen LogP contribution in [0.2, 0.25) is 0 Å². The topological polar surface area (TPSA) is 51.2 Å². The number of aromatic nitrogens is 1. The van der Waals surface area contributed by atoms with Crippen LogP contribution < -0.4 is 10.1 Å².